The van der Waals surface area contributed by atoms with Crippen molar-refractivity contribution in [2.24, 2.45) is 4.99 Å². The Morgan fingerprint density at radius 2 is 1.96 bits per heavy atom. The van der Waals surface area contributed by atoms with E-state index in [4.69, 9.17) is 4.74 Å². The minimum Gasteiger partial charge on any atom is -0.494 e. The van der Waals surface area contributed by atoms with Gasteiger partial charge < -0.3 is 20.7 Å². The summed E-state index contributed by atoms with van der Waals surface area (Å²) in [6, 6.07) is 6.15. The van der Waals surface area contributed by atoms with Crippen LogP contribution in [0.1, 0.15) is 37.8 Å². The van der Waals surface area contributed by atoms with Crippen LogP contribution in [0.25, 0.3) is 0 Å². The van der Waals surface area contributed by atoms with E-state index >= 15 is 0 Å². The van der Waals surface area contributed by atoms with Crippen LogP contribution in [0.3, 0.4) is 0 Å². The molecular formula is C18H30N4O2. The Hall–Kier alpha value is -2.24. The number of rotatable bonds is 9. The maximum absolute atomic E-state index is 11.6. The van der Waals surface area contributed by atoms with Crippen LogP contribution in [0.5, 0.6) is 5.75 Å². The summed E-state index contributed by atoms with van der Waals surface area (Å²) in [6.45, 7) is 8.56. The topological polar surface area (TPSA) is 74.8 Å². The molecule has 6 heteroatoms. The zero-order chi connectivity index (χ0) is 17.8. The average Bonchev–Trinajstić information content (AvgIpc) is 2.57. The van der Waals surface area contributed by atoms with E-state index in [1.54, 1.807) is 7.05 Å². The summed E-state index contributed by atoms with van der Waals surface area (Å²) >= 11 is 0. The van der Waals surface area contributed by atoms with Crippen LogP contribution in [-0.2, 0) is 11.3 Å². The van der Waals surface area contributed by atoms with Crippen molar-refractivity contribution >= 4 is 11.9 Å². The fourth-order valence-electron chi connectivity index (χ4n) is 2.14. The Bertz CT molecular complexity index is 544. The normalized spacial score (nSPS) is 11.1. The third kappa shape index (κ3) is 7.35. The van der Waals surface area contributed by atoms with Gasteiger partial charge in [-0.25, -0.2) is 0 Å². The average molecular weight is 334 g/mol. The molecule has 1 rings (SSSR count). The Morgan fingerprint density at radius 3 is 2.62 bits per heavy atom. The van der Waals surface area contributed by atoms with Crippen molar-refractivity contribution in [1.82, 2.24) is 16.0 Å². The third-order valence-electron chi connectivity index (χ3n) is 3.41. The summed E-state index contributed by atoms with van der Waals surface area (Å²) < 4.78 is 5.68. The standard InChI is InChI=1S/C18H30N4O2/c1-5-10-20-17(23)9-11-21-18(19-4)22-13-15-8-7-14(3)12-16(15)24-6-2/h7-8,12H,5-6,9-11,13H2,1-4H3,(H,20,23)(H2,19,21,22). The molecule has 0 aromatic heterocycles. The predicted molar refractivity (Wildman–Crippen MR) is 98.5 cm³/mol. The molecule has 6 nitrogen and oxygen atoms in total. The molecule has 0 saturated heterocycles. The lowest BCUT2D eigenvalue weighted by Crippen LogP contribution is -2.39. The van der Waals surface area contributed by atoms with Crippen LogP contribution >= 0.6 is 0 Å². The number of guanidine groups is 1. The lowest BCUT2D eigenvalue weighted by molar-refractivity contribution is -0.120. The monoisotopic (exact) mass is 334 g/mol. The number of ether oxygens (including phenoxy) is 1. The highest BCUT2D eigenvalue weighted by Gasteiger charge is 2.06. The maximum atomic E-state index is 11.6. The van der Waals surface area contributed by atoms with Gasteiger partial charge in [0.25, 0.3) is 0 Å². The molecule has 24 heavy (non-hydrogen) atoms. The Morgan fingerprint density at radius 1 is 1.17 bits per heavy atom. The first-order chi connectivity index (χ1) is 11.6. The smallest absolute Gasteiger partial charge is 0.221 e. The summed E-state index contributed by atoms with van der Waals surface area (Å²) in [4.78, 5) is 15.7. The molecule has 0 unspecified atom stereocenters. The molecule has 0 atom stereocenters. The van der Waals surface area contributed by atoms with E-state index in [2.05, 4.69) is 33.1 Å². The van der Waals surface area contributed by atoms with Gasteiger partial charge in [0, 0.05) is 38.7 Å². The van der Waals surface area contributed by atoms with E-state index in [1.165, 1.54) is 5.56 Å². The third-order valence-corrected chi connectivity index (χ3v) is 3.41. The number of hydrogen-bond acceptors (Lipinski definition) is 3. The van der Waals surface area contributed by atoms with E-state index in [0.717, 1.165) is 24.3 Å². The fraction of sp³-hybridized carbons (Fsp3) is 0.556. The van der Waals surface area contributed by atoms with Crippen molar-refractivity contribution in [3.05, 3.63) is 29.3 Å². The SMILES string of the molecule is CCCNC(=O)CCNC(=NC)NCc1ccc(C)cc1OCC. The molecule has 0 heterocycles. The number of carbonyl (C=O) groups is 1. The lowest BCUT2D eigenvalue weighted by Gasteiger charge is -2.15. The molecule has 1 amide bonds. The summed E-state index contributed by atoms with van der Waals surface area (Å²) in [5, 5.41) is 9.25. The largest absolute Gasteiger partial charge is 0.494 e. The summed E-state index contributed by atoms with van der Waals surface area (Å²) in [5.41, 5.74) is 2.24. The molecule has 0 aliphatic rings. The second-order valence-corrected chi connectivity index (χ2v) is 5.50. The van der Waals surface area contributed by atoms with Crippen LogP contribution in [0.4, 0.5) is 0 Å². The van der Waals surface area contributed by atoms with Crippen molar-refractivity contribution in [2.75, 3.05) is 26.7 Å². The Balaban J connectivity index is 2.45. The number of aryl methyl sites for hydroxylation is 1. The van der Waals surface area contributed by atoms with Gasteiger partial charge in [-0.3, -0.25) is 9.79 Å². The second-order valence-electron chi connectivity index (χ2n) is 5.50. The van der Waals surface area contributed by atoms with E-state index in [0.29, 0.717) is 32.1 Å². The highest BCUT2D eigenvalue weighted by molar-refractivity contribution is 5.81. The van der Waals surface area contributed by atoms with Gasteiger partial charge in [0.05, 0.1) is 6.61 Å². The molecule has 0 spiro atoms. The molecule has 1 aromatic carbocycles. The molecular weight excluding hydrogens is 304 g/mol. The van der Waals surface area contributed by atoms with E-state index < -0.39 is 0 Å². The van der Waals surface area contributed by atoms with Crippen LogP contribution in [0, 0.1) is 6.92 Å². The minimum absolute atomic E-state index is 0.0527. The van der Waals surface area contributed by atoms with Gasteiger partial charge in [-0.05, 0) is 31.9 Å². The molecule has 0 aliphatic carbocycles. The van der Waals surface area contributed by atoms with E-state index in [1.807, 2.05) is 26.8 Å². The number of nitrogens with one attached hydrogen (secondary N) is 3. The van der Waals surface area contributed by atoms with Crippen molar-refractivity contribution in [2.45, 2.75) is 40.2 Å². The van der Waals surface area contributed by atoms with Gasteiger partial charge in [0.15, 0.2) is 5.96 Å². The first-order valence-electron chi connectivity index (χ1n) is 8.54. The Labute approximate surface area is 145 Å². The minimum atomic E-state index is 0.0527. The molecule has 134 valence electrons. The number of carbonyl (C=O) groups excluding carboxylic acids is 1. The molecule has 1 aromatic rings. The summed E-state index contributed by atoms with van der Waals surface area (Å²) in [6.07, 6.45) is 1.37. The number of amides is 1. The van der Waals surface area contributed by atoms with Gasteiger partial charge >= 0.3 is 0 Å². The second kappa shape index (κ2) is 11.3. The van der Waals surface area contributed by atoms with Crippen molar-refractivity contribution < 1.29 is 9.53 Å². The predicted octanol–water partition coefficient (Wildman–Crippen LogP) is 1.98. The molecule has 0 aliphatic heterocycles. The first kappa shape index (κ1) is 19.8. The van der Waals surface area contributed by atoms with E-state index in [9.17, 15) is 4.79 Å². The van der Waals surface area contributed by atoms with Crippen LogP contribution in [0.2, 0.25) is 0 Å². The van der Waals surface area contributed by atoms with Gasteiger partial charge in [-0.15, -0.1) is 0 Å². The van der Waals surface area contributed by atoms with Crippen LogP contribution in [-0.4, -0.2) is 38.6 Å². The number of aliphatic imine (C=N–C) groups is 1. The number of nitrogens with zero attached hydrogens (tertiary/aromatic N) is 1. The van der Waals surface area contributed by atoms with Crippen molar-refractivity contribution in [3.8, 4) is 5.75 Å². The molecule has 0 fully saturated rings. The van der Waals surface area contributed by atoms with Gasteiger partial charge in [-0.1, -0.05) is 19.1 Å². The van der Waals surface area contributed by atoms with E-state index in [-0.39, 0.29) is 5.91 Å². The number of hydrogen-bond donors (Lipinski definition) is 3. The summed E-state index contributed by atoms with van der Waals surface area (Å²) in [7, 11) is 1.71. The Kier molecular flexibility index (Phi) is 9.34. The molecule has 0 saturated carbocycles. The fourth-order valence-corrected chi connectivity index (χ4v) is 2.14. The molecule has 0 bridgehead atoms. The molecule has 0 radical (unpaired) electrons. The zero-order valence-corrected chi connectivity index (χ0v) is 15.2. The van der Waals surface area contributed by atoms with Gasteiger partial charge in [-0.2, -0.15) is 0 Å². The number of benzene rings is 1. The van der Waals surface area contributed by atoms with Gasteiger partial charge in [0.1, 0.15) is 5.75 Å². The first-order valence-corrected chi connectivity index (χ1v) is 8.54. The summed E-state index contributed by atoms with van der Waals surface area (Å²) in [5.74, 6) is 1.61. The van der Waals surface area contributed by atoms with Crippen LogP contribution < -0.4 is 20.7 Å². The lowest BCUT2D eigenvalue weighted by atomic mass is 10.1. The van der Waals surface area contributed by atoms with Gasteiger partial charge in [0.2, 0.25) is 5.91 Å². The molecule has 3 N–H and O–H groups in total. The van der Waals surface area contributed by atoms with Crippen LogP contribution in [0.15, 0.2) is 23.2 Å². The highest BCUT2D eigenvalue weighted by atomic mass is 16.5. The van der Waals surface area contributed by atoms with Crippen molar-refractivity contribution in [3.63, 3.8) is 0 Å². The van der Waals surface area contributed by atoms with Crippen molar-refractivity contribution in [1.29, 1.82) is 0 Å². The maximum Gasteiger partial charge on any atom is 0.221 e. The highest BCUT2D eigenvalue weighted by Crippen LogP contribution is 2.20. The quantitative estimate of drug-likeness (QED) is 0.477. The zero-order valence-electron chi connectivity index (χ0n) is 15.2.